The monoisotopic (exact) mass is 415 g/mol. The number of sulfonamides is 1. The highest BCUT2D eigenvalue weighted by molar-refractivity contribution is 7.91. The molecule has 1 aromatic carbocycles. The third-order valence-electron chi connectivity index (χ3n) is 3.34. The average Bonchev–Trinajstić information content (AvgIpc) is 2.96. The first-order chi connectivity index (χ1) is 12.1. The van der Waals surface area contributed by atoms with Gasteiger partial charge in [-0.1, -0.05) is 17.7 Å². The molecule has 2 amide bonds. The van der Waals surface area contributed by atoms with E-state index in [0.29, 0.717) is 15.7 Å². The van der Waals surface area contributed by atoms with Gasteiger partial charge in [0.25, 0.3) is 10.0 Å². The summed E-state index contributed by atoms with van der Waals surface area (Å²) in [7, 11) is -2.49. The Morgan fingerprint density at radius 2 is 1.85 bits per heavy atom. The molecule has 0 atom stereocenters. The molecule has 26 heavy (non-hydrogen) atoms. The number of carbonyl (C=O) groups is 2. The van der Waals surface area contributed by atoms with Crippen molar-refractivity contribution in [2.75, 3.05) is 24.2 Å². The summed E-state index contributed by atoms with van der Waals surface area (Å²) in [5.41, 5.74) is 1.71. The second-order valence-corrected chi connectivity index (χ2v) is 9.58. The molecule has 0 aliphatic heterocycles. The summed E-state index contributed by atoms with van der Waals surface area (Å²) in [6, 6.07) is 8.03. The fourth-order valence-corrected chi connectivity index (χ4v) is 4.95. The van der Waals surface area contributed by atoms with E-state index in [1.807, 2.05) is 6.92 Å². The number of amides is 2. The zero-order chi connectivity index (χ0) is 19.5. The van der Waals surface area contributed by atoms with Gasteiger partial charge in [0.2, 0.25) is 11.8 Å². The zero-order valence-electron chi connectivity index (χ0n) is 14.4. The number of likely N-dealkylation sites (N-methyl/N-ethyl adjacent to an activating group) is 1. The summed E-state index contributed by atoms with van der Waals surface area (Å²) in [6.07, 6.45) is 0. The first-order valence-electron chi connectivity index (χ1n) is 7.49. The minimum absolute atomic E-state index is 0.0623. The maximum Gasteiger partial charge on any atom is 0.252 e. The molecule has 2 N–H and O–H groups in total. The third kappa shape index (κ3) is 5.04. The molecule has 0 bridgehead atoms. The molecule has 1 aromatic heterocycles. The Kier molecular flexibility index (Phi) is 6.40. The number of halogens is 1. The van der Waals surface area contributed by atoms with Gasteiger partial charge in [0.15, 0.2) is 0 Å². The Balaban J connectivity index is 2.13. The first kappa shape index (κ1) is 20.4. The summed E-state index contributed by atoms with van der Waals surface area (Å²) in [4.78, 5) is 23.6. The van der Waals surface area contributed by atoms with E-state index in [0.717, 1.165) is 21.2 Å². The lowest BCUT2D eigenvalue weighted by Crippen LogP contribution is -2.34. The SMILES string of the molecule is CC(=O)Nc1ccc(C)cc1NC(=O)CN(C)S(=O)(=O)c1ccc(Cl)s1. The summed E-state index contributed by atoms with van der Waals surface area (Å²) in [5, 5.41) is 5.25. The number of hydrogen-bond acceptors (Lipinski definition) is 5. The zero-order valence-corrected chi connectivity index (χ0v) is 16.8. The fourth-order valence-electron chi connectivity index (χ4n) is 2.13. The van der Waals surface area contributed by atoms with Gasteiger partial charge in [-0.3, -0.25) is 9.59 Å². The van der Waals surface area contributed by atoms with Gasteiger partial charge in [-0.05, 0) is 36.8 Å². The number of anilines is 2. The van der Waals surface area contributed by atoms with Gasteiger partial charge in [0.1, 0.15) is 4.21 Å². The molecule has 0 saturated heterocycles. The van der Waals surface area contributed by atoms with Crippen LogP contribution in [-0.2, 0) is 19.6 Å². The molecule has 2 rings (SSSR count). The lowest BCUT2D eigenvalue weighted by atomic mass is 10.2. The summed E-state index contributed by atoms with van der Waals surface area (Å²) in [6.45, 7) is 2.81. The van der Waals surface area contributed by atoms with E-state index in [4.69, 9.17) is 11.6 Å². The van der Waals surface area contributed by atoms with Gasteiger partial charge >= 0.3 is 0 Å². The molecule has 1 heterocycles. The lowest BCUT2D eigenvalue weighted by molar-refractivity contribution is -0.116. The molecule has 0 unspecified atom stereocenters. The van der Waals surface area contributed by atoms with Crippen LogP contribution < -0.4 is 10.6 Å². The molecule has 0 radical (unpaired) electrons. The Morgan fingerprint density at radius 3 is 2.42 bits per heavy atom. The largest absolute Gasteiger partial charge is 0.325 e. The Bertz CT molecular complexity index is 941. The van der Waals surface area contributed by atoms with Crippen molar-refractivity contribution >= 4 is 56.2 Å². The predicted octanol–water partition coefficient (Wildman–Crippen LogP) is 2.93. The van der Waals surface area contributed by atoms with Crippen molar-refractivity contribution in [3.05, 3.63) is 40.2 Å². The maximum atomic E-state index is 12.4. The molecule has 7 nitrogen and oxygen atoms in total. The number of nitrogens with zero attached hydrogens (tertiary/aromatic N) is 1. The molecular formula is C16H18ClN3O4S2. The topological polar surface area (TPSA) is 95.6 Å². The van der Waals surface area contributed by atoms with E-state index in [-0.39, 0.29) is 16.7 Å². The lowest BCUT2D eigenvalue weighted by Gasteiger charge is -2.17. The summed E-state index contributed by atoms with van der Waals surface area (Å²) >= 11 is 6.70. The smallest absolute Gasteiger partial charge is 0.252 e. The summed E-state index contributed by atoms with van der Waals surface area (Å²) < 4.78 is 26.2. The highest BCUT2D eigenvalue weighted by Crippen LogP contribution is 2.28. The number of hydrogen-bond donors (Lipinski definition) is 2. The van der Waals surface area contributed by atoms with Crippen molar-refractivity contribution in [2.45, 2.75) is 18.1 Å². The van der Waals surface area contributed by atoms with Crippen LogP contribution in [0.5, 0.6) is 0 Å². The van der Waals surface area contributed by atoms with Crippen molar-refractivity contribution in [2.24, 2.45) is 0 Å². The van der Waals surface area contributed by atoms with E-state index in [2.05, 4.69) is 10.6 Å². The molecule has 0 aliphatic carbocycles. The van der Waals surface area contributed by atoms with Crippen molar-refractivity contribution in [1.29, 1.82) is 0 Å². The van der Waals surface area contributed by atoms with Crippen molar-refractivity contribution < 1.29 is 18.0 Å². The molecule has 0 spiro atoms. The first-order valence-corrected chi connectivity index (χ1v) is 10.1. The number of nitrogens with one attached hydrogen (secondary N) is 2. The molecule has 0 saturated carbocycles. The molecule has 10 heteroatoms. The van der Waals surface area contributed by atoms with E-state index in [1.165, 1.54) is 26.1 Å². The van der Waals surface area contributed by atoms with Gasteiger partial charge in [-0.25, -0.2) is 8.42 Å². The molecular weight excluding hydrogens is 398 g/mol. The van der Waals surface area contributed by atoms with Gasteiger partial charge < -0.3 is 10.6 Å². The summed E-state index contributed by atoms with van der Waals surface area (Å²) in [5.74, 6) is -0.811. The Morgan fingerprint density at radius 1 is 1.15 bits per heavy atom. The number of thiophene rings is 1. The molecule has 2 aromatic rings. The minimum Gasteiger partial charge on any atom is -0.325 e. The number of aryl methyl sites for hydroxylation is 1. The van der Waals surface area contributed by atoms with Crippen LogP contribution in [0.4, 0.5) is 11.4 Å². The van der Waals surface area contributed by atoms with Crippen LogP contribution in [0, 0.1) is 6.92 Å². The molecule has 140 valence electrons. The van der Waals surface area contributed by atoms with Crippen molar-refractivity contribution in [3.8, 4) is 0 Å². The maximum absolute atomic E-state index is 12.4. The highest BCUT2D eigenvalue weighted by Gasteiger charge is 2.25. The highest BCUT2D eigenvalue weighted by atomic mass is 35.5. The standard InChI is InChI=1S/C16H18ClN3O4S2/c1-10-4-5-12(18-11(2)21)13(8-10)19-15(22)9-20(3)26(23,24)16-7-6-14(17)25-16/h4-8H,9H2,1-3H3,(H,18,21)(H,19,22). The van der Waals surface area contributed by atoms with Gasteiger partial charge in [-0.15, -0.1) is 11.3 Å². The number of benzene rings is 1. The average molecular weight is 416 g/mol. The van der Waals surface area contributed by atoms with Crippen molar-refractivity contribution in [3.63, 3.8) is 0 Å². The second kappa shape index (κ2) is 8.17. The van der Waals surface area contributed by atoms with Crippen LogP contribution >= 0.6 is 22.9 Å². The van der Waals surface area contributed by atoms with Gasteiger partial charge in [-0.2, -0.15) is 4.31 Å². The van der Waals surface area contributed by atoms with Crippen LogP contribution in [0.25, 0.3) is 0 Å². The van der Waals surface area contributed by atoms with Crippen LogP contribution in [0.1, 0.15) is 12.5 Å². The minimum atomic E-state index is -3.81. The van der Waals surface area contributed by atoms with Crippen LogP contribution in [0.3, 0.4) is 0 Å². The number of rotatable bonds is 6. The molecule has 0 aliphatic rings. The second-order valence-electron chi connectivity index (χ2n) is 5.60. The normalized spacial score (nSPS) is 11.4. The third-order valence-corrected chi connectivity index (χ3v) is 6.84. The van der Waals surface area contributed by atoms with E-state index in [9.17, 15) is 18.0 Å². The predicted molar refractivity (Wildman–Crippen MR) is 103 cm³/mol. The van der Waals surface area contributed by atoms with Crippen LogP contribution in [0.2, 0.25) is 4.34 Å². The van der Waals surface area contributed by atoms with Crippen LogP contribution in [0.15, 0.2) is 34.5 Å². The van der Waals surface area contributed by atoms with Crippen molar-refractivity contribution in [1.82, 2.24) is 4.31 Å². The quantitative estimate of drug-likeness (QED) is 0.758. The Hall–Kier alpha value is -1.94. The van der Waals surface area contributed by atoms with Crippen LogP contribution in [-0.4, -0.2) is 38.1 Å². The Labute approximate surface area is 161 Å². The van der Waals surface area contributed by atoms with Gasteiger partial charge in [0, 0.05) is 14.0 Å². The van der Waals surface area contributed by atoms with Gasteiger partial charge in [0.05, 0.1) is 22.3 Å². The van der Waals surface area contributed by atoms with E-state index < -0.39 is 15.9 Å². The number of carbonyl (C=O) groups excluding carboxylic acids is 2. The van der Waals surface area contributed by atoms with E-state index >= 15 is 0 Å². The van der Waals surface area contributed by atoms with E-state index in [1.54, 1.807) is 18.2 Å². The fraction of sp³-hybridized carbons (Fsp3) is 0.250. The molecule has 0 fully saturated rings.